The lowest BCUT2D eigenvalue weighted by atomic mass is 9.97. The minimum atomic E-state index is -3.60. The zero-order chi connectivity index (χ0) is 20.2. The molecule has 1 aromatic heterocycles. The Kier molecular flexibility index (Phi) is 7.20. The number of allylic oxidation sites excluding steroid dienone is 4. The molecular formula is C18H26N2O4S3. The number of hydrogen-bond acceptors (Lipinski definition) is 6. The third-order valence-electron chi connectivity index (χ3n) is 4.48. The van der Waals surface area contributed by atoms with E-state index < -0.39 is 25.9 Å². The second-order valence-electron chi connectivity index (χ2n) is 6.59. The standard InChI is InChI=1S/C18H26N2O4S3/c1-4-5-6-7-14(2)15-10-16(20(12-15)26(3,21)22)13-27(23,24)18-9-8-17(11-19)25-18/h4-9,15-16H,2,10-13,19H2,1,3H3/b5-4-,7-6-/t15-,16-/m0/s1. The van der Waals surface area contributed by atoms with Gasteiger partial charge in [-0.25, -0.2) is 16.8 Å². The monoisotopic (exact) mass is 430 g/mol. The molecule has 1 aliphatic rings. The number of sulfone groups is 1. The van der Waals surface area contributed by atoms with Crippen LogP contribution in [0.2, 0.25) is 0 Å². The van der Waals surface area contributed by atoms with Gasteiger partial charge in [0.05, 0.1) is 12.0 Å². The molecule has 2 rings (SSSR count). The Balaban J connectivity index is 2.23. The van der Waals surface area contributed by atoms with Crippen molar-refractivity contribution >= 4 is 31.2 Å². The molecule has 0 radical (unpaired) electrons. The molecule has 1 fully saturated rings. The van der Waals surface area contributed by atoms with Crippen molar-refractivity contribution in [2.24, 2.45) is 11.7 Å². The number of thiophene rings is 1. The van der Waals surface area contributed by atoms with Crippen LogP contribution in [0.5, 0.6) is 0 Å². The minimum absolute atomic E-state index is 0.107. The van der Waals surface area contributed by atoms with Gasteiger partial charge in [0.25, 0.3) is 0 Å². The van der Waals surface area contributed by atoms with E-state index in [4.69, 9.17) is 5.73 Å². The van der Waals surface area contributed by atoms with Crippen molar-refractivity contribution in [1.82, 2.24) is 4.31 Å². The number of nitrogens with zero attached hydrogens (tertiary/aromatic N) is 1. The molecule has 6 nitrogen and oxygen atoms in total. The fourth-order valence-corrected chi connectivity index (χ4v) is 7.27. The van der Waals surface area contributed by atoms with Gasteiger partial charge in [-0.1, -0.05) is 36.5 Å². The van der Waals surface area contributed by atoms with Gasteiger partial charge < -0.3 is 5.73 Å². The Labute approximate surface area is 166 Å². The smallest absolute Gasteiger partial charge is 0.211 e. The molecule has 0 aliphatic carbocycles. The maximum absolute atomic E-state index is 12.8. The van der Waals surface area contributed by atoms with Crippen molar-refractivity contribution in [2.75, 3.05) is 18.6 Å². The molecule has 2 heterocycles. The summed E-state index contributed by atoms with van der Waals surface area (Å²) in [4.78, 5) is 0.778. The Morgan fingerprint density at radius 1 is 1.33 bits per heavy atom. The van der Waals surface area contributed by atoms with Crippen molar-refractivity contribution in [3.05, 3.63) is 53.5 Å². The average Bonchev–Trinajstić information content (AvgIpc) is 3.21. The number of nitrogens with two attached hydrogens (primary N) is 1. The molecule has 0 spiro atoms. The summed E-state index contributed by atoms with van der Waals surface area (Å²) in [5, 5.41) is 0. The lowest BCUT2D eigenvalue weighted by Gasteiger charge is -2.21. The first kappa shape index (κ1) is 22.0. The Bertz CT molecular complexity index is 943. The molecule has 1 aromatic rings. The Morgan fingerprint density at radius 3 is 2.59 bits per heavy atom. The van der Waals surface area contributed by atoms with Crippen molar-refractivity contribution in [2.45, 2.75) is 30.1 Å². The van der Waals surface area contributed by atoms with Crippen LogP contribution in [-0.4, -0.2) is 45.7 Å². The average molecular weight is 431 g/mol. The van der Waals surface area contributed by atoms with E-state index >= 15 is 0 Å². The third kappa shape index (κ3) is 5.61. The maximum Gasteiger partial charge on any atom is 0.211 e. The predicted molar refractivity (Wildman–Crippen MR) is 111 cm³/mol. The SMILES string of the molecule is C=C(/C=C\C=C/C)[C@H]1C[C@@H](CS(=O)(=O)c2ccc(CN)s2)N(S(C)(=O)=O)C1. The van der Waals surface area contributed by atoms with Gasteiger partial charge in [0, 0.05) is 24.0 Å². The van der Waals surface area contributed by atoms with E-state index in [-0.39, 0.29) is 29.0 Å². The lowest BCUT2D eigenvalue weighted by Crippen LogP contribution is -2.39. The van der Waals surface area contributed by atoms with E-state index in [1.54, 1.807) is 6.07 Å². The summed E-state index contributed by atoms with van der Waals surface area (Å²) in [7, 11) is -7.12. The lowest BCUT2D eigenvalue weighted by molar-refractivity contribution is 0.410. The van der Waals surface area contributed by atoms with E-state index in [9.17, 15) is 16.8 Å². The third-order valence-corrected chi connectivity index (χ3v) is 9.27. The topological polar surface area (TPSA) is 97.5 Å². The first-order valence-electron chi connectivity index (χ1n) is 8.55. The van der Waals surface area contributed by atoms with Gasteiger partial charge >= 0.3 is 0 Å². The van der Waals surface area contributed by atoms with E-state index in [0.29, 0.717) is 6.42 Å². The molecule has 0 saturated carbocycles. The molecule has 0 bridgehead atoms. The van der Waals surface area contributed by atoms with Gasteiger partial charge in [-0.3, -0.25) is 0 Å². The van der Waals surface area contributed by atoms with E-state index in [1.807, 2.05) is 31.2 Å². The van der Waals surface area contributed by atoms with Crippen LogP contribution in [0.25, 0.3) is 0 Å². The van der Waals surface area contributed by atoms with Crippen LogP contribution in [0.15, 0.2) is 52.8 Å². The van der Waals surface area contributed by atoms with Crippen LogP contribution in [0.4, 0.5) is 0 Å². The van der Waals surface area contributed by atoms with Crippen LogP contribution in [0.3, 0.4) is 0 Å². The fraction of sp³-hybridized carbons (Fsp3) is 0.444. The largest absolute Gasteiger partial charge is 0.326 e. The molecule has 2 N–H and O–H groups in total. The van der Waals surface area contributed by atoms with Gasteiger partial charge in [-0.15, -0.1) is 11.3 Å². The maximum atomic E-state index is 12.8. The second kappa shape index (κ2) is 8.83. The highest BCUT2D eigenvalue weighted by atomic mass is 32.2. The first-order chi connectivity index (χ1) is 12.6. The molecule has 0 aromatic carbocycles. The van der Waals surface area contributed by atoms with E-state index in [0.717, 1.165) is 28.0 Å². The fourth-order valence-electron chi connectivity index (χ4n) is 3.11. The molecular weight excluding hydrogens is 404 g/mol. The van der Waals surface area contributed by atoms with Crippen LogP contribution < -0.4 is 5.73 Å². The summed E-state index contributed by atoms with van der Waals surface area (Å²) in [6, 6.07) is 2.63. The minimum Gasteiger partial charge on any atom is -0.326 e. The second-order valence-corrected chi connectivity index (χ2v) is 11.9. The van der Waals surface area contributed by atoms with Gasteiger partial charge in [0.15, 0.2) is 9.84 Å². The predicted octanol–water partition coefficient (Wildman–Crippen LogP) is 2.32. The quantitative estimate of drug-likeness (QED) is 0.638. The van der Waals surface area contributed by atoms with Crippen LogP contribution in [-0.2, 0) is 26.4 Å². The Morgan fingerprint density at radius 2 is 2.04 bits per heavy atom. The number of hydrogen-bond donors (Lipinski definition) is 1. The normalized spacial score (nSPS) is 22.2. The van der Waals surface area contributed by atoms with Crippen molar-refractivity contribution < 1.29 is 16.8 Å². The molecule has 0 unspecified atom stereocenters. The number of sulfonamides is 1. The molecule has 9 heteroatoms. The summed E-state index contributed by atoms with van der Waals surface area (Å²) in [5.74, 6) is -0.350. The highest BCUT2D eigenvalue weighted by Crippen LogP contribution is 2.33. The van der Waals surface area contributed by atoms with Gasteiger partial charge in [-0.05, 0) is 31.4 Å². The van der Waals surface area contributed by atoms with Crippen molar-refractivity contribution in [3.8, 4) is 0 Å². The van der Waals surface area contributed by atoms with Gasteiger partial charge in [0.1, 0.15) is 4.21 Å². The van der Waals surface area contributed by atoms with Crippen LogP contribution in [0, 0.1) is 5.92 Å². The number of rotatable bonds is 8. The van der Waals surface area contributed by atoms with E-state index in [1.165, 1.54) is 10.4 Å². The summed E-state index contributed by atoms with van der Waals surface area (Å²) in [6.07, 6.45) is 8.98. The molecule has 1 aliphatic heterocycles. The van der Waals surface area contributed by atoms with Crippen LogP contribution in [0.1, 0.15) is 18.2 Å². The Hall–Kier alpha value is -1.26. The first-order valence-corrected chi connectivity index (χ1v) is 12.9. The zero-order valence-corrected chi connectivity index (χ0v) is 18.0. The van der Waals surface area contributed by atoms with Crippen molar-refractivity contribution in [1.29, 1.82) is 0 Å². The van der Waals surface area contributed by atoms with Crippen LogP contribution >= 0.6 is 11.3 Å². The summed E-state index contributed by atoms with van der Waals surface area (Å²) >= 11 is 1.14. The molecule has 27 heavy (non-hydrogen) atoms. The summed E-state index contributed by atoms with van der Waals surface area (Å²) < 4.78 is 51.5. The molecule has 150 valence electrons. The summed E-state index contributed by atoms with van der Waals surface area (Å²) in [6.45, 7) is 6.45. The van der Waals surface area contributed by atoms with Gasteiger partial charge in [-0.2, -0.15) is 4.31 Å². The van der Waals surface area contributed by atoms with Crippen molar-refractivity contribution in [3.63, 3.8) is 0 Å². The van der Waals surface area contributed by atoms with E-state index in [2.05, 4.69) is 6.58 Å². The molecule has 2 atom stereocenters. The highest BCUT2D eigenvalue weighted by Gasteiger charge is 2.40. The van der Waals surface area contributed by atoms with Gasteiger partial charge in [0.2, 0.25) is 10.0 Å². The summed E-state index contributed by atoms with van der Waals surface area (Å²) in [5.41, 5.74) is 6.35. The molecule has 1 saturated heterocycles. The molecule has 0 amide bonds. The highest BCUT2D eigenvalue weighted by molar-refractivity contribution is 7.93. The zero-order valence-electron chi connectivity index (χ0n) is 15.5.